The molecule has 0 radical (unpaired) electrons. The average molecular weight is 179 g/mol. The highest BCUT2D eigenvalue weighted by molar-refractivity contribution is 5.38. The van der Waals surface area contributed by atoms with E-state index in [-0.39, 0.29) is 6.10 Å². The van der Waals surface area contributed by atoms with E-state index < -0.39 is 0 Å². The summed E-state index contributed by atoms with van der Waals surface area (Å²) in [6, 6.07) is 5.97. The summed E-state index contributed by atoms with van der Waals surface area (Å²) in [5.41, 5.74) is 7.95. The molecular formula is C10H13NO2. The van der Waals surface area contributed by atoms with Crippen LogP contribution in [-0.4, -0.2) is 13.7 Å². The summed E-state index contributed by atoms with van der Waals surface area (Å²) in [6.07, 6.45) is 0.0703. The first-order valence-electron chi connectivity index (χ1n) is 4.33. The van der Waals surface area contributed by atoms with Gasteiger partial charge in [0.15, 0.2) is 0 Å². The lowest BCUT2D eigenvalue weighted by molar-refractivity contribution is 0.0723. The second kappa shape index (κ2) is 3.36. The standard InChI is InChI=1S/C10H13NO2/c1-12-8-2-3-9-7(4-8)6-13-10(9)5-11/h2-4,10H,5-6,11H2,1H3. The number of ether oxygens (including phenoxy) is 2. The van der Waals surface area contributed by atoms with Gasteiger partial charge in [-0.05, 0) is 23.3 Å². The van der Waals surface area contributed by atoms with Crippen molar-refractivity contribution in [1.29, 1.82) is 0 Å². The van der Waals surface area contributed by atoms with E-state index in [0.29, 0.717) is 13.2 Å². The molecule has 0 saturated carbocycles. The van der Waals surface area contributed by atoms with Gasteiger partial charge < -0.3 is 15.2 Å². The van der Waals surface area contributed by atoms with E-state index in [2.05, 4.69) is 0 Å². The zero-order valence-corrected chi connectivity index (χ0v) is 7.62. The van der Waals surface area contributed by atoms with Crippen molar-refractivity contribution < 1.29 is 9.47 Å². The smallest absolute Gasteiger partial charge is 0.119 e. The van der Waals surface area contributed by atoms with E-state index >= 15 is 0 Å². The molecule has 0 aromatic heterocycles. The van der Waals surface area contributed by atoms with Crippen molar-refractivity contribution in [2.75, 3.05) is 13.7 Å². The van der Waals surface area contributed by atoms with Gasteiger partial charge in [0, 0.05) is 6.54 Å². The SMILES string of the molecule is COc1ccc2c(c1)COC2CN. The molecule has 3 heteroatoms. The van der Waals surface area contributed by atoms with E-state index in [1.54, 1.807) is 7.11 Å². The van der Waals surface area contributed by atoms with Gasteiger partial charge in [-0.3, -0.25) is 0 Å². The van der Waals surface area contributed by atoms with Crippen LogP contribution in [0.5, 0.6) is 5.75 Å². The topological polar surface area (TPSA) is 44.5 Å². The summed E-state index contributed by atoms with van der Waals surface area (Å²) in [6.45, 7) is 1.19. The molecule has 70 valence electrons. The van der Waals surface area contributed by atoms with Crippen molar-refractivity contribution in [1.82, 2.24) is 0 Å². The number of methoxy groups -OCH3 is 1. The summed E-state index contributed by atoms with van der Waals surface area (Å²) < 4.78 is 10.6. The van der Waals surface area contributed by atoms with Gasteiger partial charge in [-0.25, -0.2) is 0 Å². The number of nitrogens with two attached hydrogens (primary N) is 1. The first kappa shape index (κ1) is 8.53. The Morgan fingerprint density at radius 3 is 3.15 bits per heavy atom. The van der Waals surface area contributed by atoms with Crippen LogP contribution < -0.4 is 10.5 Å². The zero-order valence-electron chi connectivity index (χ0n) is 7.62. The maximum atomic E-state index is 5.56. The molecule has 0 amide bonds. The van der Waals surface area contributed by atoms with Gasteiger partial charge in [-0.2, -0.15) is 0 Å². The normalized spacial score (nSPS) is 20.0. The van der Waals surface area contributed by atoms with Gasteiger partial charge >= 0.3 is 0 Å². The highest BCUT2D eigenvalue weighted by atomic mass is 16.5. The molecule has 2 N–H and O–H groups in total. The minimum Gasteiger partial charge on any atom is -0.497 e. The molecule has 0 fully saturated rings. The number of hydrogen-bond donors (Lipinski definition) is 1. The lowest BCUT2D eigenvalue weighted by atomic mass is 10.1. The molecular weight excluding hydrogens is 166 g/mol. The highest BCUT2D eigenvalue weighted by Crippen LogP contribution is 2.31. The van der Waals surface area contributed by atoms with Crippen LogP contribution in [0.1, 0.15) is 17.2 Å². The van der Waals surface area contributed by atoms with E-state index in [1.165, 1.54) is 11.1 Å². The van der Waals surface area contributed by atoms with Gasteiger partial charge in [0.2, 0.25) is 0 Å². The fraction of sp³-hybridized carbons (Fsp3) is 0.400. The van der Waals surface area contributed by atoms with Crippen LogP contribution in [0.4, 0.5) is 0 Å². The van der Waals surface area contributed by atoms with Crippen LogP contribution >= 0.6 is 0 Å². The first-order valence-corrected chi connectivity index (χ1v) is 4.33. The predicted molar refractivity (Wildman–Crippen MR) is 49.6 cm³/mol. The Morgan fingerprint density at radius 2 is 2.46 bits per heavy atom. The minimum absolute atomic E-state index is 0.0703. The molecule has 0 aliphatic carbocycles. The van der Waals surface area contributed by atoms with Gasteiger partial charge in [-0.1, -0.05) is 6.07 Å². The summed E-state index contributed by atoms with van der Waals surface area (Å²) >= 11 is 0. The molecule has 3 nitrogen and oxygen atoms in total. The number of rotatable bonds is 2. The van der Waals surface area contributed by atoms with Crippen molar-refractivity contribution in [2.24, 2.45) is 5.73 Å². The molecule has 1 aromatic carbocycles. The van der Waals surface area contributed by atoms with Crippen LogP contribution in [0.3, 0.4) is 0 Å². The highest BCUT2D eigenvalue weighted by Gasteiger charge is 2.21. The Morgan fingerprint density at radius 1 is 1.62 bits per heavy atom. The van der Waals surface area contributed by atoms with E-state index in [1.807, 2.05) is 18.2 Å². The monoisotopic (exact) mass is 179 g/mol. The molecule has 1 unspecified atom stereocenters. The zero-order chi connectivity index (χ0) is 9.26. The second-order valence-electron chi connectivity index (χ2n) is 3.10. The van der Waals surface area contributed by atoms with E-state index in [9.17, 15) is 0 Å². The van der Waals surface area contributed by atoms with Gasteiger partial charge in [0.1, 0.15) is 5.75 Å². The second-order valence-corrected chi connectivity index (χ2v) is 3.10. The average Bonchev–Trinajstić information content (AvgIpc) is 2.59. The Balaban J connectivity index is 2.34. The fourth-order valence-corrected chi connectivity index (χ4v) is 1.62. The van der Waals surface area contributed by atoms with Crippen molar-refractivity contribution in [3.63, 3.8) is 0 Å². The first-order chi connectivity index (χ1) is 6.35. The van der Waals surface area contributed by atoms with Crippen molar-refractivity contribution in [2.45, 2.75) is 12.7 Å². The minimum atomic E-state index is 0.0703. The molecule has 13 heavy (non-hydrogen) atoms. The Hall–Kier alpha value is -1.06. The largest absolute Gasteiger partial charge is 0.497 e. The number of fused-ring (bicyclic) bond motifs is 1. The molecule has 2 rings (SSSR count). The van der Waals surface area contributed by atoms with Crippen LogP contribution in [0.2, 0.25) is 0 Å². The number of hydrogen-bond acceptors (Lipinski definition) is 3. The van der Waals surface area contributed by atoms with Crippen molar-refractivity contribution in [3.05, 3.63) is 29.3 Å². The summed E-state index contributed by atoms with van der Waals surface area (Å²) in [5, 5.41) is 0. The predicted octanol–water partition coefficient (Wildman–Crippen LogP) is 1.23. The van der Waals surface area contributed by atoms with Crippen LogP contribution in [0.25, 0.3) is 0 Å². The summed E-state index contributed by atoms with van der Waals surface area (Å²) in [7, 11) is 1.66. The fourth-order valence-electron chi connectivity index (χ4n) is 1.62. The third-order valence-corrected chi connectivity index (χ3v) is 2.35. The van der Waals surface area contributed by atoms with Crippen LogP contribution in [0.15, 0.2) is 18.2 Å². The van der Waals surface area contributed by atoms with Gasteiger partial charge in [0.25, 0.3) is 0 Å². The third kappa shape index (κ3) is 1.41. The van der Waals surface area contributed by atoms with Crippen LogP contribution in [0, 0.1) is 0 Å². The molecule has 1 atom stereocenters. The maximum absolute atomic E-state index is 5.56. The molecule has 0 spiro atoms. The molecule has 1 aliphatic heterocycles. The van der Waals surface area contributed by atoms with Crippen LogP contribution in [-0.2, 0) is 11.3 Å². The Kier molecular flexibility index (Phi) is 2.20. The Labute approximate surface area is 77.5 Å². The lowest BCUT2D eigenvalue weighted by Gasteiger charge is -2.07. The quantitative estimate of drug-likeness (QED) is 0.742. The van der Waals surface area contributed by atoms with Crippen molar-refractivity contribution >= 4 is 0 Å². The van der Waals surface area contributed by atoms with E-state index in [0.717, 1.165) is 5.75 Å². The van der Waals surface area contributed by atoms with Crippen molar-refractivity contribution in [3.8, 4) is 5.75 Å². The molecule has 0 saturated heterocycles. The molecule has 0 bridgehead atoms. The number of benzene rings is 1. The maximum Gasteiger partial charge on any atom is 0.119 e. The Bertz CT molecular complexity index is 312. The summed E-state index contributed by atoms with van der Waals surface area (Å²) in [5.74, 6) is 0.875. The molecule has 1 heterocycles. The van der Waals surface area contributed by atoms with Gasteiger partial charge in [0.05, 0.1) is 19.8 Å². The van der Waals surface area contributed by atoms with Gasteiger partial charge in [-0.15, -0.1) is 0 Å². The van der Waals surface area contributed by atoms with E-state index in [4.69, 9.17) is 15.2 Å². The summed E-state index contributed by atoms with van der Waals surface area (Å²) in [4.78, 5) is 0. The molecule has 1 aliphatic rings. The lowest BCUT2D eigenvalue weighted by Crippen LogP contribution is -2.10. The molecule has 1 aromatic rings. The third-order valence-electron chi connectivity index (χ3n) is 2.35.